The molecule has 0 saturated carbocycles. The summed E-state index contributed by atoms with van der Waals surface area (Å²) in [6.07, 6.45) is 0. The van der Waals surface area contributed by atoms with E-state index in [1.807, 2.05) is 18.2 Å². The van der Waals surface area contributed by atoms with Gasteiger partial charge in [-0.15, -0.1) is 0 Å². The van der Waals surface area contributed by atoms with Crippen molar-refractivity contribution in [2.75, 3.05) is 45.7 Å². The Balaban J connectivity index is 2.28. The van der Waals surface area contributed by atoms with Crippen LogP contribution in [-0.4, -0.2) is 45.3 Å². The third-order valence-corrected chi connectivity index (χ3v) is 2.49. The van der Waals surface area contributed by atoms with Crippen molar-refractivity contribution in [3.63, 3.8) is 0 Å². The zero-order valence-electron chi connectivity index (χ0n) is 10.4. The molecule has 4 heteroatoms. The Bertz CT molecular complexity index is 373. The molecule has 0 aromatic heterocycles. The maximum absolute atomic E-state index is 8.77. The van der Waals surface area contributed by atoms with Crippen molar-refractivity contribution in [2.45, 2.75) is 0 Å². The minimum Gasteiger partial charge on any atom is -0.384 e. The Kier molecular flexibility index (Phi) is 6.08. The van der Waals surface area contributed by atoms with Crippen LogP contribution in [0.15, 0.2) is 24.3 Å². The molecule has 4 nitrogen and oxygen atoms in total. The fourth-order valence-corrected chi connectivity index (χ4v) is 1.45. The quantitative estimate of drug-likeness (QED) is 0.776. The number of anilines is 1. The third kappa shape index (κ3) is 5.34. The molecule has 1 aromatic rings. The van der Waals surface area contributed by atoms with E-state index in [1.54, 1.807) is 13.2 Å². The number of hydrogen-bond acceptors (Lipinski definition) is 4. The Morgan fingerprint density at radius 3 is 2.94 bits per heavy atom. The predicted octanol–water partition coefficient (Wildman–Crippen LogP) is 1.55. The van der Waals surface area contributed by atoms with Crippen LogP contribution in [-0.2, 0) is 4.74 Å². The summed E-state index contributed by atoms with van der Waals surface area (Å²) in [5.74, 6) is 0. The van der Waals surface area contributed by atoms with E-state index in [0.29, 0.717) is 5.56 Å². The van der Waals surface area contributed by atoms with Crippen LogP contribution in [0, 0.1) is 11.3 Å². The second-order valence-corrected chi connectivity index (χ2v) is 3.92. The molecule has 0 aliphatic heterocycles. The molecule has 0 bridgehead atoms. The van der Waals surface area contributed by atoms with Crippen molar-refractivity contribution < 1.29 is 4.74 Å². The Morgan fingerprint density at radius 1 is 1.41 bits per heavy atom. The van der Waals surface area contributed by atoms with Crippen LogP contribution in [0.5, 0.6) is 0 Å². The molecule has 0 saturated heterocycles. The minimum atomic E-state index is 0.683. The SMILES string of the molecule is COCCN(C)CCNc1cccc(C#N)c1. The lowest BCUT2D eigenvalue weighted by molar-refractivity contribution is 0.163. The van der Waals surface area contributed by atoms with Crippen molar-refractivity contribution in [3.05, 3.63) is 29.8 Å². The lowest BCUT2D eigenvalue weighted by Gasteiger charge is -2.16. The number of methoxy groups -OCH3 is 1. The van der Waals surface area contributed by atoms with E-state index < -0.39 is 0 Å². The standard InChI is InChI=1S/C13H19N3O/c1-16(8-9-17-2)7-6-15-13-5-3-4-12(10-13)11-14/h3-5,10,15H,6-9H2,1-2H3. The van der Waals surface area contributed by atoms with E-state index >= 15 is 0 Å². The number of likely N-dealkylation sites (N-methyl/N-ethyl adjacent to an activating group) is 1. The smallest absolute Gasteiger partial charge is 0.0992 e. The van der Waals surface area contributed by atoms with Gasteiger partial charge in [-0.05, 0) is 25.2 Å². The lowest BCUT2D eigenvalue weighted by Crippen LogP contribution is -2.28. The van der Waals surface area contributed by atoms with Crippen LogP contribution in [0.3, 0.4) is 0 Å². The van der Waals surface area contributed by atoms with Gasteiger partial charge in [0.25, 0.3) is 0 Å². The Hall–Kier alpha value is -1.57. The van der Waals surface area contributed by atoms with Gasteiger partial charge < -0.3 is 15.0 Å². The molecular weight excluding hydrogens is 214 g/mol. The second kappa shape index (κ2) is 7.66. The zero-order valence-corrected chi connectivity index (χ0v) is 10.4. The van der Waals surface area contributed by atoms with Crippen LogP contribution in [0.4, 0.5) is 5.69 Å². The third-order valence-electron chi connectivity index (χ3n) is 2.49. The summed E-state index contributed by atoms with van der Waals surface area (Å²) in [6, 6.07) is 9.64. The van der Waals surface area contributed by atoms with Gasteiger partial charge in [-0.1, -0.05) is 6.07 Å². The summed E-state index contributed by atoms with van der Waals surface area (Å²) in [7, 11) is 3.77. The van der Waals surface area contributed by atoms with E-state index in [0.717, 1.165) is 31.9 Å². The summed E-state index contributed by atoms with van der Waals surface area (Å²) < 4.78 is 5.01. The minimum absolute atomic E-state index is 0.683. The molecule has 0 unspecified atom stereocenters. The summed E-state index contributed by atoms with van der Waals surface area (Å²) in [5, 5.41) is 12.1. The number of nitrogens with one attached hydrogen (secondary N) is 1. The first-order valence-electron chi connectivity index (χ1n) is 5.68. The molecule has 0 radical (unpaired) electrons. The first-order chi connectivity index (χ1) is 8.26. The molecule has 0 heterocycles. The molecule has 0 amide bonds. The highest BCUT2D eigenvalue weighted by atomic mass is 16.5. The number of ether oxygens (including phenoxy) is 1. The molecule has 0 atom stereocenters. The van der Waals surface area contributed by atoms with Crippen molar-refractivity contribution in [1.29, 1.82) is 5.26 Å². The predicted molar refractivity (Wildman–Crippen MR) is 69.0 cm³/mol. The van der Waals surface area contributed by atoms with Gasteiger partial charge in [0.15, 0.2) is 0 Å². The molecule has 1 aromatic carbocycles. The van der Waals surface area contributed by atoms with Crippen LogP contribution < -0.4 is 5.32 Å². The van der Waals surface area contributed by atoms with Crippen molar-refractivity contribution >= 4 is 5.69 Å². The van der Waals surface area contributed by atoms with Gasteiger partial charge in [-0.3, -0.25) is 0 Å². The highest BCUT2D eigenvalue weighted by Gasteiger charge is 1.98. The number of nitriles is 1. The van der Waals surface area contributed by atoms with Gasteiger partial charge in [-0.2, -0.15) is 5.26 Å². The fraction of sp³-hybridized carbons (Fsp3) is 0.462. The monoisotopic (exact) mass is 233 g/mol. The van der Waals surface area contributed by atoms with Gasteiger partial charge in [0.2, 0.25) is 0 Å². The maximum Gasteiger partial charge on any atom is 0.0992 e. The average molecular weight is 233 g/mol. The summed E-state index contributed by atoms with van der Waals surface area (Å²) in [4.78, 5) is 2.20. The van der Waals surface area contributed by atoms with Gasteiger partial charge in [0.05, 0.1) is 18.2 Å². The average Bonchev–Trinajstić information content (AvgIpc) is 2.36. The highest BCUT2D eigenvalue weighted by Crippen LogP contribution is 2.08. The lowest BCUT2D eigenvalue weighted by atomic mass is 10.2. The molecule has 17 heavy (non-hydrogen) atoms. The van der Waals surface area contributed by atoms with E-state index in [1.165, 1.54) is 0 Å². The highest BCUT2D eigenvalue weighted by molar-refractivity contribution is 5.49. The zero-order chi connectivity index (χ0) is 12.5. The largest absolute Gasteiger partial charge is 0.384 e. The van der Waals surface area contributed by atoms with Crippen molar-refractivity contribution in [2.24, 2.45) is 0 Å². The van der Waals surface area contributed by atoms with Crippen LogP contribution in [0.25, 0.3) is 0 Å². The molecule has 0 aliphatic rings. The topological polar surface area (TPSA) is 48.3 Å². The van der Waals surface area contributed by atoms with Crippen LogP contribution in [0.1, 0.15) is 5.56 Å². The number of hydrogen-bond donors (Lipinski definition) is 1. The van der Waals surface area contributed by atoms with E-state index in [4.69, 9.17) is 10.00 Å². The van der Waals surface area contributed by atoms with Gasteiger partial charge in [-0.25, -0.2) is 0 Å². The van der Waals surface area contributed by atoms with Gasteiger partial charge in [0.1, 0.15) is 0 Å². The molecular formula is C13H19N3O. The van der Waals surface area contributed by atoms with E-state index in [9.17, 15) is 0 Å². The molecule has 0 spiro atoms. The summed E-state index contributed by atoms with van der Waals surface area (Å²) in [6.45, 7) is 3.48. The van der Waals surface area contributed by atoms with Gasteiger partial charge >= 0.3 is 0 Å². The molecule has 92 valence electrons. The molecule has 1 N–H and O–H groups in total. The number of nitrogens with zero attached hydrogens (tertiary/aromatic N) is 2. The molecule has 1 rings (SSSR count). The molecule has 0 fully saturated rings. The van der Waals surface area contributed by atoms with Gasteiger partial charge in [0, 0.05) is 32.4 Å². The summed E-state index contributed by atoms with van der Waals surface area (Å²) in [5.41, 5.74) is 1.67. The molecule has 0 aliphatic carbocycles. The van der Waals surface area contributed by atoms with Crippen LogP contribution in [0.2, 0.25) is 0 Å². The van der Waals surface area contributed by atoms with Crippen molar-refractivity contribution in [3.8, 4) is 6.07 Å². The van der Waals surface area contributed by atoms with E-state index in [-0.39, 0.29) is 0 Å². The van der Waals surface area contributed by atoms with Crippen molar-refractivity contribution in [1.82, 2.24) is 4.90 Å². The first kappa shape index (κ1) is 13.5. The number of benzene rings is 1. The second-order valence-electron chi connectivity index (χ2n) is 3.92. The summed E-state index contributed by atoms with van der Waals surface area (Å²) >= 11 is 0. The number of rotatable bonds is 7. The fourth-order valence-electron chi connectivity index (χ4n) is 1.45. The Labute approximate surface area is 103 Å². The van der Waals surface area contributed by atoms with E-state index in [2.05, 4.69) is 23.3 Å². The first-order valence-corrected chi connectivity index (χ1v) is 5.68. The van der Waals surface area contributed by atoms with Crippen LogP contribution >= 0.6 is 0 Å². The Morgan fingerprint density at radius 2 is 2.24 bits per heavy atom. The normalized spacial score (nSPS) is 10.2. The maximum atomic E-state index is 8.77.